The van der Waals surface area contributed by atoms with Gasteiger partial charge in [0.2, 0.25) is 0 Å². The third-order valence-corrected chi connectivity index (χ3v) is 6.02. The van der Waals surface area contributed by atoms with Crippen molar-refractivity contribution >= 4 is 12.1 Å². The maximum absolute atomic E-state index is 12.2. The number of cyclic esters (lactones) is 1. The van der Waals surface area contributed by atoms with E-state index in [0.29, 0.717) is 6.54 Å². The van der Waals surface area contributed by atoms with Gasteiger partial charge in [0.1, 0.15) is 0 Å². The van der Waals surface area contributed by atoms with Crippen LogP contribution in [-0.4, -0.2) is 135 Å². The largest absolute Gasteiger partial charge is 0.468 e. The van der Waals surface area contributed by atoms with Crippen LogP contribution in [0.3, 0.4) is 0 Å². The normalized spacial score (nSPS) is 29.1. The molecule has 3 heterocycles. The number of likely N-dealkylation sites (N-methyl/N-ethyl adjacent to an activating group) is 2. The van der Waals surface area contributed by atoms with Gasteiger partial charge in [-0.3, -0.25) is 14.6 Å². The van der Waals surface area contributed by atoms with E-state index in [1.165, 1.54) is 7.11 Å². The minimum absolute atomic E-state index is 0.0734. The van der Waals surface area contributed by atoms with Crippen LogP contribution in [0.2, 0.25) is 0 Å². The van der Waals surface area contributed by atoms with Gasteiger partial charge in [-0.2, -0.15) is 0 Å². The number of rotatable bonds is 6. The van der Waals surface area contributed by atoms with E-state index in [0.717, 1.165) is 65.3 Å². The second-order valence-corrected chi connectivity index (χ2v) is 7.77. The number of piperazine rings is 2. The van der Waals surface area contributed by atoms with Crippen molar-refractivity contribution in [2.45, 2.75) is 18.7 Å². The maximum Gasteiger partial charge on any atom is 0.411 e. The number of hydrogen-bond donors (Lipinski definition) is 0. The average Bonchev–Trinajstić information content (AvgIpc) is 2.96. The Labute approximate surface area is 161 Å². The van der Waals surface area contributed by atoms with E-state index in [4.69, 9.17) is 9.47 Å². The number of nitrogens with zero attached hydrogens (tertiary/aromatic N) is 5. The Morgan fingerprint density at radius 2 is 1.67 bits per heavy atom. The number of carbonyl (C=O) groups is 2. The molecule has 3 aliphatic rings. The van der Waals surface area contributed by atoms with Gasteiger partial charge in [0.15, 0.2) is 6.23 Å². The average molecular weight is 383 g/mol. The van der Waals surface area contributed by atoms with Crippen LogP contribution >= 0.6 is 0 Å². The topological polar surface area (TPSA) is 68.8 Å². The first-order chi connectivity index (χ1) is 13.0. The summed E-state index contributed by atoms with van der Waals surface area (Å²) in [5.74, 6) is -0.208. The lowest BCUT2D eigenvalue weighted by Gasteiger charge is -2.39. The van der Waals surface area contributed by atoms with Crippen molar-refractivity contribution in [1.29, 1.82) is 0 Å². The lowest BCUT2D eigenvalue weighted by atomic mass is 10.1. The molecule has 0 spiro atoms. The van der Waals surface area contributed by atoms with E-state index < -0.39 is 0 Å². The predicted molar refractivity (Wildman–Crippen MR) is 100 cm³/mol. The van der Waals surface area contributed by atoms with Gasteiger partial charge in [0, 0.05) is 66.0 Å². The second kappa shape index (κ2) is 9.18. The van der Waals surface area contributed by atoms with Crippen LogP contribution in [0, 0.1) is 0 Å². The maximum atomic E-state index is 12.2. The summed E-state index contributed by atoms with van der Waals surface area (Å²) in [6.07, 6.45) is 0.481. The zero-order chi connectivity index (χ0) is 19.4. The van der Waals surface area contributed by atoms with E-state index in [9.17, 15) is 9.59 Å². The number of esters is 1. The predicted octanol–water partition coefficient (Wildman–Crippen LogP) is -0.809. The molecule has 3 saturated heterocycles. The molecule has 3 aliphatic heterocycles. The Hall–Kier alpha value is -1.42. The molecule has 0 aromatic heterocycles. The highest BCUT2D eigenvalue weighted by Gasteiger charge is 2.43. The van der Waals surface area contributed by atoms with Crippen molar-refractivity contribution in [1.82, 2.24) is 24.5 Å². The van der Waals surface area contributed by atoms with Crippen LogP contribution in [0.25, 0.3) is 0 Å². The fourth-order valence-electron chi connectivity index (χ4n) is 4.06. The summed E-state index contributed by atoms with van der Waals surface area (Å²) in [5.41, 5.74) is 0. The molecule has 0 radical (unpaired) electrons. The van der Waals surface area contributed by atoms with Crippen LogP contribution in [0.15, 0.2) is 0 Å². The molecule has 0 aliphatic carbocycles. The Bertz CT molecular complexity index is 518. The number of carbonyl (C=O) groups excluding carboxylic acids is 2. The van der Waals surface area contributed by atoms with Crippen molar-refractivity contribution in [2.24, 2.45) is 0 Å². The van der Waals surface area contributed by atoms with Gasteiger partial charge in [-0.05, 0) is 13.5 Å². The highest BCUT2D eigenvalue weighted by atomic mass is 16.6. The van der Waals surface area contributed by atoms with E-state index >= 15 is 0 Å². The highest BCUT2D eigenvalue weighted by molar-refractivity contribution is 5.71. The van der Waals surface area contributed by atoms with E-state index in [2.05, 4.69) is 26.6 Å². The standard InChI is InChI=1S/C18H33N5O4/c1-19-6-8-21(9-7-19)5-4-15-17(27-18(25)20(15)2)23-12-10-22(11-13-23)14-16(24)26-3/h15,17H,4-14H2,1-3H3. The molecular formula is C18H33N5O4. The summed E-state index contributed by atoms with van der Waals surface area (Å²) >= 11 is 0. The van der Waals surface area contributed by atoms with Crippen molar-refractivity contribution < 1.29 is 19.1 Å². The fraction of sp³-hybridized carbons (Fsp3) is 0.889. The van der Waals surface area contributed by atoms with Gasteiger partial charge >= 0.3 is 12.1 Å². The number of hydrogen-bond acceptors (Lipinski definition) is 8. The van der Waals surface area contributed by atoms with Gasteiger partial charge < -0.3 is 24.2 Å². The van der Waals surface area contributed by atoms with Gasteiger partial charge in [0.05, 0.1) is 19.7 Å². The monoisotopic (exact) mass is 383 g/mol. The fourth-order valence-corrected chi connectivity index (χ4v) is 4.06. The zero-order valence-electron chi connectivity index (χ0n) is 16.8. The molecule has 0 N–H and O–H groups in total. The Balaban J connectivity index is 1.51. The number of amides is 1. The third-order valence-electron chi connectivity index (χ3n) is 6.02. The first-order valence-corrected chi connectivity index (χ1v) is 9.85. The highest BCUT2D eigenvalue weighted by Crippen LogP contribution is 2.25. The lowest BCUT2D eigenvalue weighted by Crippen LogP contribution is -2.55. The summed E-state index contributed by atoms with van der Waals surface area (Å²) < 4.78 is 10.4. The van der Waals surface area contributed by atoms with Gasteiger partial charge in [-0.25, -0.2) is 4.79 Å². The van der Waals surface area contributed by atoms with E-state index in [1.807, 2.05) is 7.05 Å². The zero-order valence-corrected chi connectivity index (χ0v) is 16.8. The SMILES string of the molecule is COC(=O)CN1CCN(C2OC(=O)N(C)C2CCN2CCN(C)CC2)CC1. The Kier molecular flexibility index (Phi) is 6.91. The smallest absolute Gasteiger partial charge is 0.411 e. The molecule has 3 rings (SSSR count). The molecule has 9 nitrogen and oxygen atoms in total. The first-order valence-electron chi connectivity index (χ1n) is 9.85. The molecule has 2 unspecified atom stereocenters. The first kappa shape index (κ1) is 20.3. The molecule has 9 heteroatoms. The van der Waals surface area contributed by atoms with Crippen molar-refractivity contribution in [3.8, 4) is 0 Å². The summed E-state index contributed by atoms with van der Waals surface area (Å²) in [7, 11) is 5.41. The quantitative estimate of drug-likeness (QED) is 0.552. The summed E-state index contributed by atoms with van der Waals surface area (Å²) in [6.45, 7) is 8.79. The third kappa shape index (κ3) is 5.10. The summed E-state index contributed by atoms with van der Waals surface area (Å²) in [5, 5.41) is 0. The number of methoxy groups -OCH3 is 1. The van der Waals surface area contributed by atoms with Crippen molar-refractivity contribution in [3.05, 3.63) is 0 Å². The molecule has 154 valence electrons. The summed E-state index contributed by atoms with van der Waals surface area (Å²) in [4.78, 5) is 34.5. The molecule has 0 aromatic rings. The second-order valence-electron chi connectivity index (χ2n) is 7.77. The molecule has 1 amide bonds. The minimum atomic E-state index is -0.236. The van der Waals surface area contributed by atoms with Gasteiger partial charge in [-0.1, -0.05) is 0 Å². The van der Waals surface area contributed by atoms with Crippen molar-refractivity contribution in [3.63, 3.8) is 0 Å². The van der Waals surface area contributed by atoms with Gasteiger partial charge in [0.25, 0.3) is 0 Å². The van der Waals surface area contributed by atoms with Crippen LogP contribution in [0.5, 0.6) is 0 Å². The van der Waals surface area contributed by atoms with Crippen LogP contribution in [0.4, 0.5) is 4.79 Å². The number of ether oxygens (including phenoxy) is 2. The van der Waals surface area contributed by atoms with E-state index in [1.54, 1.807) is 4.90 Å². The molecule has 27 heavy (non-hydrogen) atoms. The lowest BCUT2D eigenvalue weighted by molar-refractivity contribution is -0.142. The molecule has 0 bridgehead atoms. The summed E-state index contributed by atoms with van der Waals surface area (Å²) in [6, 6.07) is 0.0734. The van der Waals surface area contributed by atoms with Gasteiger partial charge in [-0.15, -0.1) is 0 Å². The Morgan fingerprint density at radius 1 is 1.04 bits per heavy atom. The minimum Gasteiger partial charge on any atom is -0.468 e. The molecule has 2 atom stereocenters. The molecular weight excluding hydrogens is 350 g/mol. The Morgan fingerprint density at radius 3 is 2.30 bits per heavy atom. The molecule has 0 aromatic carbocycles. The van der Waals surface area contributed by atoms with Crippen LogP contribution in [-0.2, 0) is 14.3 Å². The van der Waals surface area contributed by atoms with Crippen LogP contribution < -0.4 is 0 Å². The van der Waals surface area contributed by atoms with E-state index in [-0.39, 0.29) is 24.3 Å². The molecule has 3 fully saturated rings. The van der Waals surface area contributed by atoms with Crippen LogP contribution in [0.1, 0.15) is 6.42 Å². The molecule has 0 saturated carbocycles. The van der Waals surface area contributed by atoms with Crippen molar-refractivity contribution in [2.75, 3.05) is 86.7 Å².